The first-order valence-corrected chi connectivity index (χ1v) is 6.32. The number of benzene rings is 1. The minimum Gasteiger partial charge on any atom is -0.467 e. The third-order valence-corrected chi connectivity index (χ3v) is 2.92. The lowest BCUT2D eigenvalue weighted by Gasteiger charge is -2.08. The summed E-state index contributed by atoms with van der Waals surface area (Å²) in [5, 5.41) is 5.57. The maximum absolute atomic E-state index is 11.7. The maximum atomic E-state index is 11.7. The maximum Gasteiger partial charge on any atom is 0.319 e. The van der Waals surface area contributed by atoms with E-state index in [1.807, 2.05) is 0 Å². The molecule has 0 aliphatic carbocycles. The van der Waals surface area contributed by atoms with Gasteiger partial charge in [0.2, 0.25) is 0 Å². The quantitative estimate of drug-likeness (QED) is 0.848. The highest BCUT2D eigenvalue weighted by molar-refractivity contribution is 6.34. The lowest BCUT2D eigenvalue weighted by molar-refractivity contribution is 0.101. The number of halogens is 1. The second kappa shape index (κ2) is 6.25. The van der Waals surface area contributed by atoms with Gasteiger partial charge in [0.05, 0.1) is 17.8 Å². The highest BCUT2D eigenvalue weighted by Gasteiger charge is 2.08. The molecule has 1 heterocycles. The molecule has 1 aromatic carbocycles. The molecule has 0 aliphatic rings. The van der Waals surface area contributed by atoms with Crippen LogP contribution in [0.1, 0.15) is 23.0 Å². The van der Waals surface area contributed by atoms with Gasteiger partial charge in [0.15, 0.2) is 5.78 Å². The zero-order valence-corrected chi connectivity index (χ0v) is 11.5. The number of amides is 2. The van der Waals surface area contributed by atoms with Gasteiger partial charge < -0.3 is 15.1 Å². The normalized spacial score (nSPS) is 10.1. The summed E-state index contributed by atoms with van der Waals surface area (Å²) in [7, 11) is 0. The van der Waals surface area contributed by atoms with E-state index in [4.69, 9.17) is 16.0 Å². The van der Waals surface area contributed by atoms with E-state index in [0.29, 0.717) is 22.0 Å². The summed E-state index contributed by atoms with van der Waals surface area (Å²) >= 11 is 5.96. The Kier molecular flexibility index (Phi) is 4.42. The molecule has 0 saturated heterocycles. The van der Waals surface area contributed by atoms with Gasteiger partial charge in [0.1, 0.15) is 5.76 Å². The monoisotopic (exact) mass is 292 g/mol. The largest absolute Gasteiger partial charge is 0.467 e. The topological polar surface area (TPSA) is 71.3 Å². The van der Waals surface area contributed by atoms with Crippen LogP contribution in [0.15, 0.2) is 41.0 Å². The molecule has 20 heavy (non-hydrogen) atoms. The summed E-state index contributed by atoms with van der Waals surface area (Å²) in [4.78, 5) is 22.9. The molecule has 1 aromatic heterocycles. The predicted molar refractivity (Wildman–Crippen MR) is 76.0 cm³/mol. The predicted octanol–water partition coefficient (Wildman–Crippen LogP) is 3.46. The van der Waals surface area contributed by atoms with Gasteiger partial charge in [-0.05, 0) is 37.3 Å². The number of anilines is 1. The number of nitrogens with one attached hydrogen (secondary N) is 2. The molecular weight excluding hydrogens is 280 g/mol. The Labute approximate surface area is 120 Å². The van der Waals surface area contributed by atoms with Gasteiger partial charge in [-0.25, -0.2) is 4.79 Å². The smallest absolute Gasteiger partial charge is 0.319 e. The Balaban J connectivity index is 1.94. The number of rotatable bonds is 4. The first-order valence-electron chi connectivity index (χ1n) is 5.94. The molecule has 0 saturated carbocycles. The second-order valence-corrected chi connectivity index (χ2v) is 4.55. The molecule has 104 valence electrons. The van der Waals surface area contributed by atoms with Crippen LogP contribution < -0.4 is 10.6 Å². The second-order valence-electron chi connectivity index (χ2n) is 4.14. The lowest BCUT2D eigenvalue weighted by Crippen LogP contribution is -2.28. The van der Waals surface area contributed by atoms with Crippen LogP contribution >= 0.6 is 11.6 Å². The van der Waals surface area contributed by atoms with Gasteiger partial charge in [-0.1, -0.05) is 11.6 Å². The highest BCUT2D eigenvalue weighted by atomic mass is 35.5. The first-order chi connectivity index (χ1) is 9.56. The molecular formula is C14H13ClN2O3. The van der Waals surface area contributed by atoms with E-state index in [0.717, 1.165) is 0 Å². The van der Waals surface area contributed by atoms with Crippen LogP contribution in [-0.4, -0.2) is 11.8 Å². The van der Waals surface area contributed by atoms with E-state index in [2.05, 4.69) is 10.6 Å². The van der Waals surface area contributed by atoms with E-state index in [1.54, 1.807) is 24.3 Å². The number of carbonyl (C=O) groups excluding carboxylic acids is 2. The van der Waals surface area contributed by atoms with Crippen molar-refractivity contribution < 1.29 is 14.0 Å². The van der Waals surface area contributed by atoms with E-state index >= 15 is 0 Å². The average Bonchev–Trinajstić information content (AvgIpc) is 2.89. The standard InChI is InChI=1S/C14H13ClN2O3/c1-9(18)12-5-4-10(7-13(12)15)17-14(19)16-8-11-3-2-6-20-11/h2-7H,8H2,1H3,(H2,16,17,19). The number of furan rings is 1. The van der Waals surface area contributed by atoms with E-state index < -0.39 is 0 Å². The average molecular weight is 293 g/mol. The zero-order valence-electron chi connectivity index (χ0n) is 10.8. The van der Waals surface area contributed by atoms with Gasteiger partial charge in [-0.15, -0.1) is 0 Å². The minimum absolute atomic E-state index is 0.121. The summed E-state index contributed by atoms with van der Waals surface area (Å²) < 4.78 is 5.09. The molecule has 6 heteroatoms. The van der Waals surface area contributed by atoms with Crippen LogP contribution in [0.25, 0.3) is 0 Å². The lowest BCUT2D eigenvalue weighted by atomic mass is 10.1. The Morgan fingerprint density at radius 3 is 2.70 bits per heavy atom. The van der Waals surface area contributed by atoms with E-state index in [1.165, 1.54) is 19.3 Å². The molecule has 5 nitrogen and oxygen atoms in total. The summed E-state index contributed by atoms with van der Waals surface area (Å²) in [6, 6.07) is 7.86. The number of hydrogen-bond acceptors (Lipinski definition) is 3. The van der Waals surface area contributed by atoms with Crippen molar-refractivity contribution in [3.63, 3.8) is 0 Å². The fraction of sp³-hybridized carbons (Fsp3) is 0.143. The van der Waals surface area contributed by atoms with Gasteiger partial charge in [0, 0.05) is 11.3 Å². The molecule has 0 atom stereocenters. The molecule has 2 rings (SSSR count). The van der Waals surface area contributed by atoms with Gasteiger partial charge in [-0.3, -0.25) is 4.79 Å². The number of urea groups is 1. The number of hydrogen-bond donors (Lipinski definition) is 2. The number of ketones is 1. The number of carbonyl (C=O) groups is 2. The fourth-order valence-electron chi connectivity index (χ4n) is 1.63. The van der Waals surface area contributed by atoms with Crippen molar-refractivity contribution in [2.24, 2.45) is 0 Å². The summed E-state index contributed by atoms with van der Waals surface area (Å²) in [5.74, 6) is 0.536. The zero-order chi connectivity index (χ0) is 14.5. The van der Waals surface area contributed by atoms with Gasteiger partial charge in [-0.2, -0.15) is 0 Å². The van der Waals surface area contributed by atoms with Gasteiger partial charge in [0.25, 0.3) is 0 Å². The van der Waals surface area contributed by atoms with Crippen LogP contribution in [0, 0.1) is 0 Å². The number of Topliss-reactive ketones (excluding diaryl/α,β-unsaturated/α-hetero) is 1. The molecule has 2 amide bonds. The van der Waals surface area contributed by atoms with Crippen molar-refractivity contribution in [3.05, 3.63) is 52.9 Å². The Bertz CT molecular complexity index is 623. The van der Waals surface area contributed by atoms with Crippen molar-refractivity contribution in [3.8, 4) is 0 Å². The van der Waals surface area contributed by atoms with Gasteiger partial charge >= 0.3 is 6.03 Å². The van der Waals surface area contributed by atoms with Crippen LogP contribution in [0.4, 0.5) is 10.5 Å². The van der Waals surface area contributed by atoms with E-state index in [-0.39, 0.29) is 18.4 Å². The molecule has 2 N–H and O–H groups in total. The van der Waals surface area contributed by atoms with Crippen LogP contribution in [0.5, 0.6) is 0 Å². The molecule has 0 fully saturated rings. The molecule has 0 radical (unpaired) electrons. The Morgan fingerprint density at radius 1 is 1.30 bits per heavy atom. The third-order valence-electron chi connectivity index (χ3n) is 2.61. The molecule has 0 bridgehead atoms. The van der Waals surface area contributed by atoms with Crippen molar-refractivity contribution in [1.82, 2.24) is 5.32 Å². The van der Waals surface area contributed by atoms with Crippen molar-refractivity contribution in [1.29, 1.82) is 0 Å². The minimum atomic E-state index is -0.381. The highest BCUT2D eigenvalue weighted by Crippen LogP contribution is 2.21. The molecule has 0 unspecified atom stereocenters. The third kappa shape index (κ3) is 3.61. The molecule has 0 aliphatic heterocycles. The van der Waals surface area contributed by atoms with Crippen LogP contribution in [-0.2, 0) is 6.54 Å². The fourth-order valence-corrected chi connectivity index (χ4v) is 1.95. The summed E-state index contributed by atoms with van der Waals surface area (Å²) in [5.41, 5.74) is 0.935. The Hall–Kier alpha value is -2.27. The van der Waals surface area contributed by atoms with Crippen molar-refractivity contribution in [2.45, 2.75) is 13.5 Å². The van der Waals surface area contributed by atoms with Crippen LogP contribution in [0.3, 0.4) is 0 Å². The van der Waals surface area contributed by atoms with Crippen molar-refractivity contribution in [2.75, 3.05) is 5.32 Å². The summed E-state index contributed by atoms with van der Waals surface area (Å²) in [6.45, 7) is 1.72. The summed E-state index contributed by atoms with van der Waals surface area (Å²) in [6.07, 6.45) is 1.54. The van der Waals surface area contributed by atoms with E-state index in [9.17, 15) is 9.59 Å². The Morgan fingerprint density at radius 2 is 2.10 bits per heavy atom. The first kappa shape index (κ1) is 14.1. The van der Waals surface area contributed by atoms with Crippen LogP contribution in [0.2, 0.25) is 5.02 Å². The SMILES string of the molecule is CC(=O)c1ccc(NC(=O)NCc2ccco2)cc1Cl. The molecule has 2 aromatic rings. The van der Waals surface area contributed by atoms with Crippen molar-refractivity contribution >= 4 is 29.1 Å². The molecule has 0 spiro atoms.